The van der Waals surface area contributed by atoms with Gasteiger partial charge in [-0.05, 0) is 26.0 Å². The number of aromatic nitrogens is 4. The van der Waals surface area contributed by atoms with Crippen LogP contribution in [0, 0.1) is 13.8 Å². The number of imidazole rings is 1. The molecule has 96 valence electrons. The molecule has 0 aliphatic carbocycles. The van der Waals surface area contributed by atoms with Crippen LogP contribution in [-0.4, -0.2) is 19.5 Å². The number of aryl methyl sites for hydroxylation is 2. The van der Waals surface area contributed by atoms with E-state index in [-0.39, 0.29) is 0 Å². The van der Waals surface area contributed by atoms with Gasteiger partial charge < -0.3 is 4.98 Å². The quantitative estimate of drug-likeness (QED) is 0.681. The molecule has 6 heteroatoms. The number of nitrogens with zero attached hydrogens (tertiary/aromatic N) is 2. The topological polar surface area (TPSA) is 83.5 Å². The van der Waals surface area contributed by atoms with E-state index >= 15 is 0 Å². The summed E-state index contributed by atoms with van der Waals surface area (Å²) in [6.45, 7) is 3.71. The highest BCUT2D eigenvalue weighted by molar-refractivity contribution is 5.71. The summed E-state index contributed by atoms with van der Waals surface area (Å²) in [5.41, 5.74) is 1.46. The summed E-state index contributed by atoms with van der Waals surface area (Å²) in [7, 11) is 0. The SMILES string of the molecule is Cc1ccc(-n2c(=O)[nH]c(=O)c3[nH]c(C)nc32)cc1. The molecule has 0 unspecified atom stereocenters. The maximum atomic E-state index is 12.0. The Bertz CT molecular complexity index is 868. The summed E-state index contributed by atoms with van der Waals surface area (Å²) in [5, 5.41) is 0. The third-order valence-corrected chi connectivity index (χ3v) is 2.96. The van der Waals surface area contributed by atoms with E-state index in [0.29, 0.717) is 22.7 Å². The first-order chi connectivity index (χ1) is 9.06. The van der Waals surface area contributed by atoms with Gasteiger partial charge in [-0.25, -0.2) is 14.3 Å². The first kappa shape index (κ1) is 11.5. The minimum absolute atomic E-state index is 0.303. The molecule has 19 heavy (non-hydrogen) atoms. The minimum Gasteiger partial charge on any atom is -0.336 e. The molecular formula is C13H12N4O2. The average Bonchev–Trinajstić information content (AvgIpc) is 2.73. The van der Waals surface area contributed by atoms with Gasteiger partial charge in [0, 0.05) is 0 Å². The Kier molecular flexibility index (Phi) is 2.38. The van der Waals surface area contributed by atoms with Crippen LogP contribution in [0.25, 0.3) is 16.9 Å². The molecule has 0 saturated heterocycles. The van der Waals surface area contributed by atoms with Crippen LogP contribution in [-0.2, 0) is 0 Å². The molecule has 0 saturated carbocycles. The van der Waals surface area contributed by atoms with Gasteiger partial charge in [-0.2, -0.15) is 0 Å². The van der Waals surface area contributed by atoms with Crippen molar-refractivity contribution in [1.82, 2.24) is 19.5 Å². The zero-order valence-corrected chi connectivity index (χ0v) is 10.5. The van der Waals surface area contributed by atoms with Crippen LogP contribution in [0.1, 0.15) is 11.4 Å². The van der Waals surface area contributed by atoms with Crippen molar-refractivity contribution in [2.24, 2.45) is 0 Å². The van der Waals surface area contributed by atoms with Gasteiger partial charge in [-0.15, -0.1) is 0 Å². The zero-order chi connectivity index (χ0) is 13.6. The van der Waals surface area contributed by atoms with E-state index in [4.69, 9.17) is 0 Å². The molecular weight excluding hydrogens is 244 g/mol. The Balaban J connectivity index is 2.43. The summed E-state index contributed by atoms with van der Waals surface area (Å²) in [4.78, 5) is 33.1. The standard InChI is InChI=1S/C13H12N4O2/c1-7-3-5-9(6-4-7)17-11-10(14-8(2)15-11)12(18)16-13(17)19/h3-6H,1-2H3,(H,14,15)(H,16,18,19). The first-order valence-electron chi connectivity index (χ1n) is 5.85. The highest BCUT2D eigenvalue weighted by Crippen LogP contribution is 2.12. The molecule has 6 nitrogen and oxygen atoms in total. The molecule has 0 aliphatic rings. The molecule has 3 rings (SSSR count). The van der Waals surface area contributed by atoms with E-state index in [9.17, 15) is 9.59 Å². The number of nitrogens with one attached hydrogen (secondary N) is 2. The smallest absolute Gasteiger partial charge is 0.334 e. The summed E-state index contributed by atoms with van der Waals surface area (Å²) in [5.74, 6) is 0.590. The molecule has 0 fully saturated rings. The van der Waals surface area contributed by atoms with Crippen LogP contribution in [0.4, 0.5) is 0 Å². The second kappa shape index (κ2) is 3.94. The third-order valence-electron chi connectivity index (χ3n) is 2.96. The summed E-state index contributed by atoms with van der Waals surface area (Å²) in [6.07, 6.45) is 0. The Labute approximate surface area is 107 Å². The number of H-pyrrole nitrogens is 2. The zero-order valence-electron chi connectivity index (χ0n) is 10.5. The van der Waals surface area contributed by atoms with E-state index in [0.717, 1.165) is 5.56 Å². The normalized spacial score (nSPS) is 11.1. The summed E-state index contributed by atoms with van der Waals surface area (Å²) in [6, 6.07) is 7.44. The lowest BCUT2D eigenvalue weighted by molar-refractivity contribution is 0.929. The number of aromatic amines is 2. The van der Waals surface area contributed by atoms with Crippen LogP contribution in [0.3, 0.4) is 0 Å². The van der Waals surface area contributed by atoms with Crippen molar-refractivity contribution in [2.75, 3.05) is 0 Å². The van der Waals surface area contributed by atoms with Crippen molar-refractivity contribution in [1.29, 1.82) is 0 Å². The maximum absolute atomic E-state index is 12.0. The molecule has 2 aromatic heterocycles. The fourth-order valence-electron chi connectivity index (χ4n) is 2.04. The first-order valence-corrected chi connectivity index (χ1v) is 5.85. The van der Waals surface area contributed by atoms with Gasteiger partial charge in [0.1, 0.15) is 11.3 Å². The number of rotatable bonds is 1. The number of hydrogen-bond donors (Lipinski definition) is 2. The molecule has 0 bridgehead atoms. The molecule has 0 spiro atoms. The fourth-order valence-corrected chi connectivity index (χ4v) is 2.04. The van der Waals surface area contributed by atoms with Crippen LogP contribution >= 0.6 is 0 Å². The number of hydrogen-bond acceptors (Lipinski definition) is 3. The van der Waals surface area contributed by atoms with Crippen molar-refractivity contribution in [3.05, 3.63) is 56.5 Å². The largest absolute Gasteiger partial charge is 0.336 e. The predicted molar refractivity (Wildman–Crippen MR) is 71.8 cm³/mol. The average molecular weight is 256 g/mol. The van der Waals surface area contributed by atoms with Crippen LogP contribution in [0.5, 0.6) is 0 Å². The monoisotopic (exact) mass is 256 g/mol. The van der Waals surface area contributed by atoms with Gasteiger partial charge >= 0.3 is 5.69 Å². The van der Waals surface area contributed by atoms with E-state index in [1.807, 2.05) is 31.2 Å². The van der Waals surface area contributed by atoms with Crippen molar-refractivity contribution in [3.63, 3.8) is 0 Å². The van der Waals surface area contributed by atoms with E-state index < -0.39 is 11.2 Å². The van der Waals surface area contributed by atoms with Gasteiger partial charge in [-0.3, -0.25) is 9.78 Å². The molecule has 2 N–H and O–H groups in total. The second-order valence-corrected chi connectivity index (χ2v) is 4.45. The van der Waals surface area contributed by atoms with E-state index in [1.165, 1.54) is 4.57 Å². The predicted octanol–water partition coefficient (Wildman–Crippen LogP) is 1.02. The number of fused-ring (bicyclic) bond motifs is 1. The van der Waals surface area contributed by atoms with Crippen LogP contribution in [0.15, 0.2) is 33.9 Å². The third kappa shape index (κ3) is 1.77. The molecule has 3 aromatic rings. The minimum atomic E-state index is -0.493. The van der Waals surface area contributed by atoms with Gasteiger partial charge in [0.2, 0.25) is 0 Å². The van der Waals surface area contributed by atoms with Gasteiger partial charge in [0.05, 0.1) is 5.69 Å². The van der Waals surface area contributed by atoms with Gasteiger partial charge in [-0.1, -0.05) is 17.7 Å². The lowest BCUT2D eigenvalue weighted by Gasteiger charge is -2.05. The molecule has 0 atom stereocenters. The summed E-state index contributed by atoms with van der Waals surface area (Å²) < 4.78 is 1.39. The van der Waals surface area contributed by atoms with Gasteiger partial charge in [0.15, 0.2) is 5.65 Å². The highest BCUT2D eigenvalue weighted by Gasteiger charge is 2.12. The lowest BCUT2D eigenvalue weighted by atomic mass is 10.2. The van der Waals surface area contributed by atoms with Crippen molar-refractivity contribution in [2.45, 2.75) is 13.8 Å². The maximum Gasteiger partial charge on any atom is 0.334 e. The molecule has 2 heterocycles. The van der Waals surface area contributed by atoms with E-state index in [2.05, 4.69) is 15.0 Å². The van der Waals surface area contributed by atoms with Gasteiger partial charge in [0.25, 0.3) is 5.56 Å². The molecule has 0 amide bonds. The fraction of sp³-hybridized carbons (Fsp3) is 0.154. The van der Waals surface area contributed by atoms with E-state index in [1.54, 1.807) is 6.92 Å². The number of benzene rings is 1. The molecule has 0 radical (unpaired) electrons. The summed E-state index contributed by atoms with van der Waals surface area (Å²) >= 11 is 0. The molecule has 1 aromatic carbocycles. The van der Waals surface area contributed by atoms with Crippen molar-refractivity contribution < 1.29 is 0 Å². The highest BCUT2D eigenvalue weighted by atomic mass is 16.2. The van der Waals surface area contributed by atoms with Crippen molar-refractivity contribution >= 4 is 11.2 Å². The second-order valence-electron chi connectivity index (χ2n) is 4.45. The Hall–Kier alpha value is -2.63. The molecule has 0 aliphatic heterocycles. The van der Waals surface area contributed by atoms with Crippen molar-refractivity contribution in [3.8, 4) is 5.69 Å². The Morgan fingerprint density at radius 2 is 1.74 bits per heavy atom. The lowest BCUT2D eigenvalue weighted by Crippen LogP contribution is -2.29. The Morgan fingerprint density at radius 3 is 2.42 bits per heavy atom. The Morgan fingerprint density at radius 1 is 1.05 bits per heavy atom. The van der Waals surface area contributed by atoms with Crippen LogP contribution in [0.2, 0.25) is 0 Å². The van der Waals surface area contributed by atoms with Crippen LogP contribution < -0.4 is 11.2 Å².